The Bertz CT molecular complexity index is 400. The first-order chi connectivity index (χ1) is 8.13. The largest absolute Gasteiger partial charge is 0.494 e. The Balaban J connectivity index is 2.47. The molecule has 0 heterocycles. The van der Waals surface area contributed by atoms with Gasteiger partial charge in [0.25, 0.3) is 0 Å². The van der Waals surface area contributed by atoms with E-state index in [1.165, 1.54) is 23.1 Å². The van der Waals surface area contributed by atoms with Gasteiger partial charge in [0.1, 0.15) is 5.75 Å². The lowest BCUT2D eigenvalue weighted by molar-refractivity contribution is 0.335. The van der Waals surface area contributed by atoms with E-state index in [0.29, 0.717) is 5.92 Å². The fourth-order valence-corrected chi connectivity index (χ4v) is 3.33. The molecule has 1 aromatic rings. The predicted octanol–water partition coefficient (Wildman–Crippen LogP) is 4.65. The number of fused-ring (bicyclic) bond motifs is 1. The van der Waals surface area contributed by atoms with Crippen LogP contribution in [0.5, 0.6) is 5.75 Å². The molecule has 0 spiro atoms. The zero-order valence-electron chi connectivity index (χ0n) is 10.9. The number of halogens is 1. The zero-order valence-corrected chi connectivity index (χ0v) is 11.7. The molecule has 0 aliphatic heterocycles. The molecule has 1 aliphatic rings. The molecule has 1 aliphatic carbocycles. The van der Waals surface area contributed by atoms with E-state index in [1.807, 2.05) is 6.92 Å². The number of rotatable bonds is 2. The van der Waals surface area contributed by atoms with Gasteiger partial charge in [-0.2, -0.15) is 0 Å². The molecule has 2 unspecified atom stereocenters. The average Bonchev–Trinajstić information content (AvgIpc) is 2.43. The van der Waals surface area contributed by atoms with Crippen molar-refractivity contribution in [2.75, 3.05) is 6.61 Å². The average molecular weight is 253 g/mol. The summed E-state index contributed by atoms with van der Waals surface area (Å²) in [6, 6.07) is 4.23. The minimum atomic E-state index is 0.142. The van der Waals surface area contributed by atoms with Crippen molar-refractivity contribution in [2.45, 2.75) is 45.4 Å². The molecule has 0 fully saturated rings. The van der Waals surface area contributed by atoms with Crippen LogP contribution in [0.25, 0.3) is 0 Å². The third-order valence-corrected chi connectivity index (χ3v) is 4.04. The molecular formula is C15H21ClO. The Morgan fingerprint density at radius 3 is 2.88 bits per heavy atom. The van der Waals surface area contributed by atoms with Crippen molar-refractivity contribution >= 4 is 11.6 Å². The van der Waals surface area contributed by atoms with Crippen LogP contribution in [0.3, 0.4) is 0 Å². The number of alkyl halides is 1. The highest BCUT2D eigenvalue weighted by atomic mass is 35.5. The van der Waals surface area contributed by atoms with Gasteiger partial charge in [-0.05, 0) is 61.8 Å². The molecule has 2 rings (SSSR count). The van der Waals surface area contributed by atoms with Crippen molar-refractivity contribution in [3.63, 3.8) is 0 Å². The Labute approximate surface area is 109 Å². The lowest BCUT2D eigenvalue weighted by Crippen LogP contribution is -2.02. The van der Waals surface area contributed by atoms with Gasteiger partial charge in [-0.3, -0.25) is 0 Å². The summed E-state index contributed by atoms with van der Waals surface area (Å²) in [7, 11) is 0. The van der Waals surface area contributed by atoms with Crippen LogP contribution in [-0.2, 0) is 6.42 Å². The molecule has 2 atom stereocenters. The minimum absolute atomic E-state index is 0.142. The van der Waals surface area contributed by atoms with Gasteiger partial charge < -0.3 is 4.74 Å². The summed E-state index contributed by atoms with van der Waals surface area (Å²) in [6.45, 7) is 7.19. The molecule has 1 nitrogen and oxygen atoms in total. The van der Waals surface area contributed by atoms with E-state index in [0.717, 1.165) is 25.2 Å². The summed E-state index contributed by atoms with van der Waals surface area (Å²) in [5, 5.41) is 0.142. The fourth-order valence-electron chi connectivity index (χ4n) is 2.73. The maximum Gasteiger partial charge on any atom is 0.122 e. The standard InChI is InChI=1S/C15H21ClO/c1-4-17-14-8-6-11(3)15-12(14)7-5-10(2)9-13(15)16/h6,8,10,13H,4-5,7,9H2,1-3H3. The third-order valence-electron chi connectivity index (χ3n) is 3.64. The monoisotopic (exact) mass is 252 g/mol. The normalized spacial score (nSPS) is 24.0. The molecular weight excluding hydrogens is 232 g/mol. The SMILES string of the molecule is CCOc1ccc(C)c2c1CCC(C)CC2Cl. The Hall–Kier alpha value is -0.690. The number of hydrogen-bond donors (Lipinski definition) is 0. The van der Waals surface area contributed by atoms with Gasteiger partial charge in [0, 0.05) is 0 Å². The molecule has 17 heavy (non-hydrogen) atoms. The van der Waals surface area contributed by atoms with Gasteiger partial charge in [-0.15, -0.1) is 11.6 Å². The van der Waals surface area contributed by atoms with Crippen LogP contribution < -0.4 is 4.74 Å². The van der Waals surface area contributed by atoms with Crippen molar-refractivity contribution in [3.05, 3.63) is 28.8 Å². The van der Waals surface area contributed by atoms with Crippen molar-refractivity contribution in [3.8, 4) is 5.75 Å². The zero-order chi connectivity index (χ0) is 12.4. The Morgan fingerprint density at radius 2 is 2.18 bits per heavy atom. The molecule has 0 saturated carbocycles. The van der Waals surface area contributed by atoms with Crippen molar-refractivity contribution in [1.82, 2.24) is 0 Å². The maximum absolute atomic E-state index is 6.57. The number of benzene rings is 1. The number of ether oxygens (including phenoxy) is 1. The maximum atomic E-state index is 6.57. The second-order valence-electron chi connectivity index (χ2n) is 5.05. The van der Waals surface area contributed by atoms with Gasteiger partial charge in [0.2, 0.25) is 0 Å². The first-order valence-corrected chi connectivity index (χ1v) is 6.96. The van der Waals surface area contributed by atoms with Gasteiger partial charge >= 0.3 is 0 Å². The minimum Gasteiger partial charge on any atom is -0.494 e. The van der Waals surface area contributed by atoms with E-state index in [1.54, 1.807) is 0 Å². The molecule has 1 aromatic carbocycles. The van der Waals surface area contributed by atoms with Gasteiger partial charge in [0.05, 0.1) is 12.0 Å². The third kappa shape index (κ3) is 2.60. The number of hydrogen-bond acceptors (Lipinski definition) is 1. The van der Waals surface area contributed by atoms with Crippen molar-refractivity contribution < 1.29 is 4.74 Å². The quantitative estimate of drug-likeness (QED) is 0.550. The lowest BCUT2D eigenvalue weighted by Gasteiger charge is -2.18. The van der Waals surface area contributed by atoms with Crippen LogP contribution in [0.4, 0.5) is 0 Å². The van der Waals surface area contributed by atoms with E-state index < -0.39 is 0 Å². The van der Waals surface area contributed by atoms with Crippen LogP contribution in [0, 0.1) is 12.8 Å². The van der Waals surface area contributed by atoms with Gasteiger partial charge in [-0.25, -0.2) is 0 Å². The lowest BCUT2D eigenvalue weighted by atomic mass is 9.96. The molecule has 0 saturated heterocycles. The Morgan fingerprint density at radius 1 is 1.41 bits per heavy atom. The molecule has 0 N–H and O–H groups in total. The summed E-state index contributed by atoms with van der Waals surface area (Å²) in [5.74, 6) is 1.73. The van der Waals surface area contributed by atoms with E-state index in [4.69, 9.17) is 16.3 Å². The second kappa shape index (κ2) is 5.30. The van der Waals surface area contributed by atoms with E-state index in [2.05, 4.69) is 26.0 Å². The van der Waals surface area contributed by atoms with Gasteiger partial charge in [0.15, 0.2) is 0 Å². The molecule has 0 aromatic heterocycles. The highest BCUT2D eigenvalue weighted by Gasteiger charge is 2.24. The van der Waals surface area contributed by atoms with Crippen LogP contribution in [0.2, 0.25) is 0 Å². The van der Waals surface area contributed by atoms with Crippen LogP contribution in [0.1, 0.15) is 48.8 Å². The topological polar surface area (TPSA) is 9.23 Å². The molecule has 0 amide bonds. The molecule has 0 radical (unpaired) electrons. The smallest absolute Gasteiger partial charge is 0.122 e. The van der Waals surface area contributed by atoms with E-state index >= 15 is 0 Å². The molecule has 2 heteroatoms. The van der Waals surface area contributed by atoms with Crippen LogP contribution in [0.15, 0.2) is 12.1 Å². The van der Waals surface area contributed by atoms with Crippen molar-refractivity contribution in [2.24, 2.45) is 5.92 Å². The fraction of sp³-hybridized carbons (Fsp3) is 0.600. The highest BCUT2D eigenvalue weighted by molar-refractivity contribution is 6.21. The second-order valence-corrected chi connectivity index (χ2v) is 5.58. The van der Waals surface area contributed by atoms with Crippen LogP contribution in [-0.4, -0.2) is 6.61 Å². The van der Waals surface area contributed by atoms with Crippen LogP contribution >= 0.6 is 11.6 Å². The summed E-state index contributed by atoms with van der Waals surface area (Å²) in [6.07, 6.45) is 3.38. The van der Waals surface area contributed by atoms with Gasteiger partial charge in [-0.1, -0.05) is 13.0 Å². The summed E-state index contributed by atoms with van der Waals surface area (Å²) in [5.41, 5.74) is 3.97. The molecule has 94 valence electrons. The number of aryl methyl sites for hydroxylation is 1. The summed E-state index contributed by atoms with van der Waals surface area (Å²) < 4.78 is 5.74. The highest BCUT2D eigenvalue weighted by Crippen LogP contribution is 2.41. The predicted molar refractivity (Wildman–Crippen MR) is 73.0 cm³/mol. The van der Waals surface area contributed by atoms with E-state index in [9.17, 15) is 0 Å². The Kier molecular flexibility index (Phi) is 3.98. The summed E-state index contributed by atoms with van der Waals surface area (Å²) >= 11 is 6.57. The molecule has 0 bridgehead atoms. The first-order valence-electron chi connectivity index (χ1n) is 6.52. The van der Waals surface area contributed by atoms with E-state index in [-0.39, 0.29) is 5.38 Å². The summed E-state index contributed by atoms with van der Waals surface area (Å²) in [4.78, 5) is 0. The first kappa shape index (κ1) is 12.8. The van der Waals surface area contributed by atoms with Crippen molar-refractivity contribution in [1.29, 1.82) is 0 Å².